The Balaban J connectivity index is 1.80. The topological polar surface area (TPSA) is 95.9 Å². The molecule has 2 aromatic rings. The zero-order valence-electron chi connectivity index (χ0n) is 14.0. The van der Waals surface area contributed by atoms with Crippen molar-refractivity contribution in [3.05, 3.63) is 54.3 Å². The van der Waals surface area contributed by atoms with Crippen molar-refractivity contribution in [2.24, 2.45) is 0 Å². The number of hydrogen-bond donors (Lipinski definition) is 2. The molecular weight excluding hydrogens is 395 g/mol. The minimum absolute atomic E-state index is 0.0107. The van der Waals surface area contributed by atoms with E-state index in [0.717, 1.165) is 4.31 Å². The summed E-state index contributed by atoms with van der Waals surface area (Å²) in [4.78, 5) is 11.8. The van der Waals surface area contributed by atoms with Gasteiger partial charge in [-0.05, 0) is 48.5 Å². The molecule has 1 atom stereocenters. The SMILES string of the molecule is O=C(NO)[C@@H]1CSCCN1S(=O)(=O)c1ccc(Oc2ccc(F)cc2)cc1. The summed E-state index contributed by atoms with van der Waals surface area (Å²) in [6.45, 7) is 0.166. The summed E-state index contributed by atoms with van der Waals surface area (Å²) in [5.74, 6) is 0.476. The average molecular weight is 412 g/mol. The summed E-state index contributed by atoms with van der Waals surface area (Å²) >= 11 is 1.44. The predicted molar refractivity (Wildman–Crippen MR) is 97.9 cm³/mol. The lowest BCUT2D eigenvalue weighted by atomic mass is 10.3. The maximum Gasteiger partial charge on any atom is 0.262 e. The number of amides is 1. The van der Waals surface area contributed by atoms with E-state index in [1.807, 2.05) is 0 Å². The van der Waals surface area contributed by atoms with Gasteiger partial charge in [-0.3, -0.25) is 10.0 Å². The highest BCUT2D eigenvalue weighted by Gasteiger charge is 2.37. The predicted octanol–water partition coefficient (Wildman–Crippen LogP) is 2.23. The van der Waals surface area contributed by atoms with Crippen molar-refractivity contribution in [2.45, 2.75) is 10.9 Å². The molecule has 0 saturated carbocycles. The molecule has 1 heterocycles. The number of hydrogen-bond acceptors (Lipinski definition) is 6. The number of benzene rings is 2. The molecular formula is C17H17FN2O5S2. The summed E-state index contributed by atoms with van der Waals surface area (Å²) in [6, 6.07) is 10.2. The van der Waals surface area contributed by atoms with E-state index in [-0.39, 0.29) is 23.0 Å². The summed E-state index contributed by atoms with van der Waals surface area (Å²) in [5, 5.41) is 8.86. The fourth-order valence-corrected chi connectivity index (χ4v) is 5.46. The quantitative estimate of drug-likeness (QED) is 0.578. The monoisotopic (exact) mass is 412 g/mol. The molecule has 0 unspecified atom stereocenters. The number of sulfonamides is 1. The first-order chi connectivity index (χ1) is 12.9. The smallest absolute Gasteiger partial charge is 0.262 e. The largest absolute Gasteiger partial charge is 0.457 e. The van der Waals surface area contributed by atoms with Gasteiger partial charge in [0.15, 0.2) is 0 Å². The van der Waals surface area contributed by atoms with Gasteiger partial charge >= 0.3 is 0 Å². The number of carbonyl (C=O) groups is 1. The highest BCUT2D eigenvalue weighted by atomic mass is 32.2. The summed E-state index contributed by atoms with van der Waals surface area (Å²) in [5.41, 5.74) is 1.52. The van der Waals surface area contributed by atoms with Crippen molar-refractivity contribution in [3.63, 3.8) is 0 Å². The summed E-state index contributed by atoms with van der Waals surface area (Å²) in [7, 11) is -3.92. The van der Waals surface area contributed by atoms with Crippen LogP contribution in [0.5, 0.6) is 11.5 Å². The van der Waals surface area contributed by atoms with Crippen LogP contribution in [0, 0.1) is 5.82 Å². The van der Waals surface area contributed by atoms with Gasteiger partial charge in [-0.1, -0.05) is 0 Å². The fourth-order valence-electron chi connectivity index (χ4n) is 2.61. The van der Waals surface area contributed by atoms with Crippen LogP contribution in [-0.2, 0) is 14.8 Å². The first kappa shape index (κ1) is 19.6. The average Bonchev–Trinajstić information content (AvgIpc) is 2.69. The maximum atomic E-state index is 12.9. The minimum Gasteiger partial charge on any atom is -0.457 e. The van der Waals surface area contributed by atoms with E-state index >= 15 is 0 Å². The fraction of sp³-hybridized carbons (Fsp3) is 0.235. The van der Waals surface area contributed by atoms with E-state index in [0.29, 0.717) is 17.3 Å². The molecule has 2 N–H and O–H groups in total. The zero-order chi connectivity index (χ0) is 19.4. The van der Waals surface area contributed by atoms with Crippen molar-refractivity contribution in [2.75, 3.05) is 18.1 Å². The molecule has 0 spiro atoms. The third-order valence-electron chi connectivity index (χ3n) is 3.97. The van der Waals surface area contributed by atoms with Crippen LogP contribution in [0.1, 0.15) is 0 Å². The van der Waals surface area contributed by atoms with E-state index in [4.69, 9.17) is 9.94 Å². The first-order valence-electron chi connectivity index (χ1n) is 7.99. The Hall–Kier alpha value is -2.14. The molecule has 1 amide bonds. The maximum absolute atomic E-state index is 12.9. The molecule has 144 valence electrons. The van der Waals surface area contributed by atoms with E-state index in [1.165, 1.54) is 65.8 Å². The van der Waals surface area contributed by atoms with Gasteiger partial charge < -0.3 is 4.74 Å². The van der Waals surface area contributed by atoms with Gasteiger partial charge in [-0.15, -0.1) is 0 Å². The molecule has 0 aliphatic carbocycles. The molecule has 1 aliphatic heterocycles. The number of nitrogens with zero attached hydrogens (tertiary/aromatic N) is 1. The Labute approximate surface area is 160 Å². The Morgan fingerprint density at radius 2 is 1.74 bits per heavy atom. The Morgan fingerprint density at radius 1 is 1.15 bits per heavy atom. The van der Waals surface area contributed by atoms with Gasteiger partial charge in [0.05, 0.1) is 4.90 Å². The van der Waals surface area contributed by atoms with Gasteiger partial charge in [-0.25, -0.2) is 18.3 Å². The number of carbonyl (C=O) groups excluding carboxylic acids is 1. The molecule has 1 fully saturated rings. The van der Waals surface area contributed by atoms with Crippen LogP contribution in [0.15, 0.2) is 53.4 Å². The Morgan fingerprint density at radius 3 is 2.33 bits per heavy atom. The van der Waals surface area contributed by atoms with E-state index in [2.05, 4.69) is 0 Å². The molecule has 0 bridgehead atoms. The van der Waals surface area contributed by atoms with Gasteiger partial charge in [0, 0.05) is 18.1 Å². The number of thioether (sulfide) groups is 1. The highest BCUT2D eigenvalue weighted by molar-refractivity contribution is 7.99. The van der Waals surface area contributed by atoms with Crippen LogP contribution in [-0.4, -0.2) is 47.9 Å². The third kappa shape index (κ3) is 4.41. The Bertz CT molecular complexity index is 904. The van der Waals surface area contributed by atoms with Crippen molar-refractivity contribution in [1.82, 2.24) is 9.79 Å². The zero-order valence-corrected chi connectivity index (χ0v) is 15.7. The Kier molecular flexibility index (Phi) is 6.00. The molecule has 2 aromatic carbocycles. The normalized spacial score (nSPS) is 18.1. The lowest BCUT2D eigenvalue weighted by Gasteiger charge is -2.32. The van der Waals surface area contributed by atoms with Crippen molar-refractivity contribution in [3.8, 4) is 11.5 Å². The molecule has 0 radical (unpaired) electrons. The molecule has 1 aliphatic rings. The van der Waals surface area contributed by atoms with Gasteiger partial charge in [0.25, 0.3) is 5.91 Å². The van der Waals surface area contributed by atoms with E-state index in [9.17, 15) is 17.6 Å². The van der Waals surface area contributed by atoms with Crippen LogP contribution in [0.25, 0.3) is 0 Å². The van der Waals surface area contributed by atoms with Crippen molar-refractivity contribution in [1.29, 1.82) is 0 Å². The second-order valence-electron chi connectivity index (χ2n) is 5.71. The van der Waals surface area contributed by atoms with Crippen LogP contribution in [0.3, 0.4) is 0 Å². The van der Waals surface area contributed by atoms with Crippen LogP contribution < -0.4 is 10.2 Å². The lowest BCUT2D eigenvalue weighted by molar-refractivity contribution is -0.132. The van der Waals surface area contributed by atoms with Crippen LogP contribution in [0.4, 0.5) is 4.39 Å². The van der Waals surface area contributed by atoms with Crippen molar-refractivity contribution < 1.29 is 27.5 Å². The van der Waals surface area contributed by atoms with Gasteiger partial charge in [-0.2, -0.15) is 16.1 Å². The second kappa shape index (κ2) is 8.26. The van der Waals surface area contributed by atoms with Gasteiger partial charge in [0.1, 0.15) is 23.4 Å². The number of rotatable bonds is 5. The first-order valence-corrected chi connectivity index (χ1v) is 10.6. The standard InChI is InChI=1S/C17H17FN2O5S2/c18-12-1-3-13(4-2-12)25-14-5-7-15(8-6-14)27(23,24)20-9-10-26-11-16(20)17(21)19-22/h1-8,16,22H,9-11H2,(H,19,21)/t16-/m0/s1. The third-order valence-corrected chi connectivity index (χ3v) is 6.92. The van der Waals surface area contributed by atoms with Crippen molar-refractivity contribution >= 4 is 27.7 Å². The molecule has 10 heteroatoms. The van der Waals surface area contributed by atoms with E-state index in [1.54, 1.807) is 0 Å². The minimum atomic E-state index is -3.92. The number of nitrogens with one attached hydrogen (secondary N) is 1. The van der Waals surface area contributed by atoms with Crippen LogP contribution >= 0.6 is 11.8 Å². The molecule has 27 heavy (non-hydrogen) atoms. The highest BCUT2D eigenvalue weighted by Crippen LogP contribution is 2.27. The summed E-state index contributed by atoms with van der Waals surface area (Å²) < 4.78 is 45.4. The lowest BCUT2D eigenvalue weighted by Crippen LogP contribution is -2.53. The van der Waals surface area contributed by atoms with Gasteiger partial charge in [0.2, 0.25) is 10.0 Å². The molecule has 1 saturated heterocycles. The number of hydroxylamine groups is 1. The number of ether oxygens (including phenoxy) is 1. The molecule has 7 nitrogen and oxygen atoms in total. The molecule has 0 aromatic heterocycles. The number of halogens is 1. The second-order valence-corrected chi connectivity index (χ2v) is 8.75. The van der Waals surface area contributed by atoms with Crippen LogP contribution in [0.2, 0.25) is 0 Å². The van der Waals surface area contributed by atoms with E-state index < -0.39 is 22.0 Å². The molecule has 3 rings (SSSR count). The summed E-state index contributed by atoms with van der Waals surface area (Å²) in [6.07, 6.45) is 0.